The highest BCUT2D eigenvalue weighted by molar-refractivity contribution is 6.18. The van der Waals surface area contributed by atoms with Crippen LogP contribution >= 0.6 is 11.6 Å². The molecule has 0 aromatic carbocycles. The second kappa shape index (κ2) is 5.05. The number of hydrogen-bond acceptors (Lipinski definition) is 1. The molecule has 2 unspecified atom stereocenters. The Hall–Kier alpha value is 0.250. The minimum absolute atomic E-state index is 0.287. The highest BCUT2D eigenvalue weighted by Crippen LogP contribution is 2.43. The Kier molecular flexibility index (Phi) is 3.95. The van der Waals surface area contributed by atoms with E-state index in [4.69, 9.17) is 16.3 Å². The van der Waals surface area contributed by atoms with Crippen molar-refractivity contribution >= 4 is 11.6 Å². The molecule has 2 rings (SSSR count). The molecule has 0 aromatic heterocycles. The van der Waals surface area contributed by atoms with E-state index in [2.05, 4.69) is 6.92 Å². The highest BCUT2D eigenvalue weighted by Gasteiger charge is 2.39. The van der Waals surface area contributed by atoms with E-state index >= 15 is 0 Å². The van der Waals surface area contributed by atoms with Crippen LogP contribution < -0.4 is 0 Å². The molecule has 1 saturated heterocycles. The van der Waals surface area contributed by atoms with Gasteiger partial charge in [0.05, 0.1) is 5.60 Å². The van der Waals surface area contributed by atoms with Gasteiger partial charge in [0.2, 0.25) is 0 Å². The molecule has 0 amide bonds. The van der Waals surface area contributed by atoms with Crippen LogP contribution in [-0.4, -0.2) is 18.1 Å². The van der Waals surface area contributed by atoms with E-state index in [0.717, 1.165) is 18.4 Å². The van der Waals surface area contributed by atoms with E-state index in [1.807, 2.05) is 0 Å². The van der Waals surface area contributed by atoms with Crippen molar-refractivity contribution < 1.29 is 4.74 Å². The summed E-state index contributed by atoms with van der Waals surface area (Å²) in [6, 6.07) is 0. The zero-order valence-corrected chi connectivity index (χ0v) is 10.6. The largest absolute Gasteiger partial charge is 0.375 e. The third kappa shape index (κ3) is 2.88. The number of alkyl halides is 1. The topological polar surface area (TPSA) is 9.23 Å². The second-order valence-corrected chi connectivity index (χ2v) is 5.90. The Bertz CT molecular complexity index is 199. The first-order valence-electron chi connectivity index (χ1n) is 6.44. The smallest absolute Gasteiger partial charge is 0.0685 e. The summed E-state index contributed by atoms with van der Waals surface area (Å²) in [7, 11) is 0. The summed E-state index contributed by atoms with van der Waals surface area (Å²) in [6.45, 7) is 3.25. The van der Waals surface area contributed by atoms with Crippen LogP contribution in [0.25, 0.3) is 0 Å². The van der Waals surface area contributed by atoms with Crippen molar-refractivity contribution in [2.24, 2.45) is 11.8 Å². The van der Waals surface area contributed by atoms with Gasteiger partial charge >= 0.3 is 0 Å². The first-order valence-corrected chi connectivity index (χ1v) is 6.97. The molecular formula is C13H23ClO. The highest BCUT2D eigenvalue weighted by atomic mass is 35.5. The van der Waals surface area contributed by atoms with Crippen LogP contribution in [0.2, 0.25) is 0 Å². The maximum absolute atomic E-state index is 6.04. The van der Waals surface area contributed by atoms with Gasteiger partial charge in [-0.1, -0.05) is 19.8 Å². The van der Waals surface area contributed by atoms with Crippen molar-refractivity contribution in [3.8, 4) is 0 Å². The summed E-state index contributed by atoms with van der Waals surface area (Å²) in [5.74, 6) is 2.35. The SMILES string of the molecule is CC(CCl)CC1CCOC2(CCCC2)C1. The molecule has 1 nitrogen and oxygen atoms in total. The van der Waals surface area contributed by atoms with Gasteiger partial charge in [-0.2, -0.15) is 0 Å². The molecule has 0 radical (unpaired) electrons. The molecule has 1 aliphatic carbocycles. The van der Waals surface area contributed by atoms with Crippen LogP contribution in [0.1, 0.15) is 51.9 Å². The molecule has 1 aliphatic heterocycles. The van der Waals surface area contributed by atoms with Crippen LogP contribution in [0.5, 0.6) is 0 Å². The third-order valence-corrected chi connectivity index (χ3v) is 4.64. The van der Waals surface area contributed by atoms with E-state index in [1.165, 1.54) is 44.9 Å². The maximum Gasteiger partial charge on any atom is 0.0685 e. The maximum atomic E-state index is 6.04. The molecule has 2 atom stereocenters. The van der Waals surface area contributed by atoms with Crippen LogP contribution in [0.4, 0.5) is 0 Å². The second-order valence-electron chi connectivity index (χ2n) is 5.59. The molecule has 15 heavy (non-hydrogen) atoms. The van der Waals surface area contributed by atoms with Crippen molar-refractivity contribution in [2.75, 3.05) is 12.5 Å². The summed E-state index contributed by atoms with van der Waals surface area (Å²) in [5.41, 5.74) is 0.287. The van der Waals surface area contributed by atoms with Gasteiger partial charge in [0.1, 0.15) is 0 Å². The number of halogens is 1. The molecule has 1 heterocycles. The molecule has 0 bridgehead atoms. The monoisotopic (exact) mass is 230 g/mol. The fourth-order valence-electron chi connectivity index (χ4n) is 3.33. The Morgan fingerprint density at radius 2 is 2.13 bits per heavy atom. The van der Waals surface area contributed by atoms with Crippen LogP contribution in [0, 0.1) is 11.8 Å². The van der Waals surface area contributed by atoms with Crippen molar-refractivity contribution in [1.29, 1.82) is 0 Å². The van der Waals surface area contributed by atoms with Crippen molar-refractivity contribution in [3.05, 3.63) is 0 Å². The van der Waals surface area contributed by atoms with Crippen LogP contribution in [-0.2, 0) is 4.74 Å². The summed E-state index contributed by atoms with van der Waals surface area (Å²) in [5, 5.41) is 0. The standard InChI is InChI=1S/C13H23ClO/c1-11(10-14)8-12-4-7-15-13(9-12)5-2-3-6-13/h11-12H,2-10H2,1H3. The Morgan fingerprint density at radius 1 is 1.40 bits per heavy atom. The fraction of sp³-hybridized carbons (Fsp3) is 1.00. The van der Waals surface area contributed by atoms with Gasteiger partial charge in [0.25, 0.3) is 0 Å². The molecule has 1 saturated carbocycles. The van der Waals surface area contributed by atoms with E-state index in [1.54, 1.807) is 0 Å². The molecule has 1 spiro atoms. The fourth-order valence-corrected chi connectivity index (χ4v) is 3.46. The predicted molar refractivity (Wildman–Crippen MR) is 64.4 cm³/mol. The van der Waals surface area contributed by atoms with Crippen molar-refractivity contribution in [2.45, 2.75) is 57.5 Å². The Labute approximate surface area is 98.5 Å². The molecule has 2 heteroatoms. The summed E-state index contributed by atoms with van der Waals surface area (Å²) in [4.78, 5) is 0. The van der Waals surface area contributed by atoms with Crippen LogP contribution in [0.3, 0.4) is 0 Å². The number of hydrogen-bond donors (Lipinski definition) is 0. The van der Waals surface area contributed by atoms with Crippen molar-refractivity contribution in [1.82, 2.24) is 0 Å². The molecule has 0 N–H and O–H groups in total. The summed E-state index contributed by atoms with van der Waals surface area (Å²) < 4.78 is 6.04. The Morgan fingerprint density at radius 3 is 2.80 bits per heavy atom. The lowest BCUT2D eigenvalue weighted by molar-refractivity contribution is -0.0950. The van der Waals surface area contributed by atoms with Gasteiger partial charge < -0.3 is 4.74 Å². The Balaban J connectivity index is 1.86. The van der Waals surface area contributed by atoms with E-state index in [0.29, 0.717) is 5.92 Å². The van der Waals surface area contributed by atoms with Gasteiger partial charge in [0, 0.05) is 12.5 Å². The first kappa shape index (κ1) is 11.7. The quantitative estimate of drug-likeness (QED) is 0.667. The zero-order chi connectivity index (χ0) is 10.7. The van der Waals surface area contributed by atoms with E-state index in [-0.39, 0.29) is 5.60 Å². The average molecular weight is 231 g/mol. The third-order valence-electron chi connectivity index (χ3n) is 4.11. The summed E-state index contributed by atoms with van der Waals surface area (Å²) >= 11 is 5.89. The van der Waals surface area contributed by atoms with Gasteiger partial charge in [-0.15, -0.1) is 11.6 Å². The van der Waals surface area contributed by atoms with Gasteiger partial charge in [-0.05, 0) is 43.9 Å². The van der Waals surface area contributed by atoms with Crippen LogP contribution in [0.15, 0.2) is 0 Å². The molecule has 88 valence electrons. The van der Waals surface area contributed by atoms with Crippen molar-refractivity contribution in [3.63, 3.8) is 0 Å². The zero-order valence-electron chi connectivity index (χ0n) is 9.80. The van der Waals surface area contributed by atoms with E-state index < -0.39 is 0 Å². The lowest BCUT2D eigenvalue weighted by Crippen LogP contribution is -2.37. The van der Waals surface area contributed by atoms with Gasteiger partial charge in [0.15, 0.2) is 0 Å². The molecular weight excluding hydrogens is 208 g/mol. The lowest BCUT2D eigenvalue weighted by atomic mass is 9.80. The number of ether oxygens (including phenoxy) is 1. The normalized spacial score (nSPS) is 32.0. The molecule has 2 fully saturated rings. The van der Waals surface area contributed by atoms with Gasteiger partial charge in [-0.25, -0.2) is 0 Å². The average Bonchev–Trinajstić information content (AvgIpc) is 2.66. The number of rotatable bonds is 3. The molecule has 0 aromatic rings. The lowest BCUT2D eigenvalue weighted by Gasteiger charge is -2.39. The minimum Gasteiger partial charge on any atom is -0.375 e. The summed E-state index contributed by atoms with van der Waals surface area (Å²) in [6.07, 6.45) is 9.21. The van der Waals surface area contributed by atoms with E-state index in [9.17, 15) is 0 Å². The molecule has 2 aliphatic rings. The predicted octanol–water partition coefficient (Wildman–Crippen LogP) is 3.99. The van der Waals surface area contributed by atoms with Gasteiger partial charge in [-0.3, -0.25) is 0 Å². The first-order chi connectivity index (χ1) is 7.24. The minimum atomic E-state index is 0.287.